The molecule has 1 aliphatic heterocycles. The Morgan fingerprint density at radius 2 is 1.87 bits per heavy atom. The number of hydrogen-bond donors (Lipinski definition) is 1. The molecule has 1 saturated heterocycles. The molecule has 0 aliphatic carbocycles. The van der Waals surface area contributed by atoms with Crippen molar-refractivity contribution in [1.29, 1.82) is 0 Å². The maximum absolute atomic E-state index is 12.7. The van der Waals surface area contributed by atoms with Gasteiger partial charge in [-0.1, -0.05) is 35.3 Å². The summed E-state index contributed by atoms with van der Waals surface area (Å²) in [5.41, 5.74) is 5.55. The largest absolute Gasteiger partial charge is 0.490 e. The van der Waals surface area contributed by atoms with Gasteiger partial charge >= 0.3 is 0 Å². The molecule has 1 aliphatic rings. The lowest BCUT2D eigenvalue weighted by Gasteiger charge is -2.13. The molecule has 1 fully saturated rings. The Morgan fingerprint density at radius 1 is 1.10 bits per heavy atom. The first kappa shape index (κ1) is 22.0. The van der Waals surface area contributed by atoms with Gasteiger partial charge in [0.05, 0.1) is 16.5 Å². The van der Waals surface area contributed by atoms with Crippen molar-refractivity contribution in [2.24, 2.45) is 5.73 Å². The quantitative estimate of drug-likeness (QED) is 0.590. The summed E-state index contributed by atoms with van der Waals surface area (Å²) in [4.78, 5) is 37.2. The van der Waals surface area contributed by atoms with E-state index in [9.17, 15) is 14.4 Å². The smallest absolute Gasteiger partial charge is 0.293 e. The average Bonchev–Trinajstić information content (AvgIpc) is 2.96. The molecule has 2 aromatic carbocycles. The maximum Gasteiger partial charge on any atom is 0.293 e. The minimum absolute atomic E-state index is 0.0633. The minimum Gasteiger partial charge on any atom is -0.490 e. The summed E-state index contributed by atoms with van der Waals surface area (Å²) in [5, 5.41) is 0.423. The van der Waals surface area contributed by atoms with Crippen LogP contribution in [-0.4, -0.2) is 41.7 Å². The van der Waals surface area contributed by atoms with E-state index >= 15 is 0 Å². The summed E-state index contributed by atoms with van der Waals surface area (Å²) >= 11 is 12.8. The third-order valence-electron chi connectivity index (χ3n) is 3.91. The zero-order valence-electron chi connectivity index (χ0n) is 15.5. The molecule has 10 heteroatoms. The molecule has 0 bridgehead atoms. The van der Waals surface area contributed by atoms with Crippen molar-refractivity contribution in [1.82, 2.24) is 4.90 Å². The van der Waals surface area contributed by atoms with Crippen molar-refractivity contribution in [3.63, 3.8) is 0 Å². The number of imide groups is 1. The van der Waals surface area contributed by atoms with Crippen molar-refractivity contribution in [3.05, 3.63) is 63.0 Å². The molecule has 156 valence electrons. The average molecular weight is 467 g/mol. The van der Waals surface area contributed by atoms with Crippen LogP contribution in [0.1, 0.15) is 5.56 Å². The van der Waals surface area contributed by atoms with Crippen molar-refractivity contribution in [2.45, 2.75) is 0 Å². The lowest BCUT2D eigenvalue weighted by atomic mass is 10.2. The van der Waals surface area contributed by atoms with Crippen LogP contribution in [0.2, 0.25) is 10.0 Å². The van der Waals surface area contributed by atoms with Gasteiger partial charge in [0.15, 0.2) is 6.61 Å². The SMILES string of the molecule is NC(=O)COc1ccc(Cl)cc1/C=C1\SC(=O)N(CCOc2ccccc2Cl)C1=O. The van der Waals surface area contributed by atoms with Crippen LogP contribution in [0.5, 0.6) is 11.5 Å². The van der Waals surface area contributed by atoms with E-state index in [2.05, 4.69) is 0 Å². The molecule has 3 amide bonds. The fraction of sp³-hybridized carbons (Fsp3) is 0.150. The maximum atomic E-state index is 12.7. The first-order valence-corrected chi connectivity index (χ1v) is 10.3. The van der Waals surface area contributed by atoms with Crippen LogP contribution < -0.4 is 15.2 Å². The van der Waals surface area contributed by atoms with Gasteiger partial charge in [-0.15, -0.1) is 0 Å². The van der Waals surface area contributed by atoms with Crippen LogP contribution in [0.4, 0.5) is 4.79 Å². The van der Waals surface area contributed by atoms with E-state index in [4.69, 9.17) is 38.4 Å². The van der Waals surface area contributed by atoms with Crippen molar-refractivity contribution >= 4 is 58.1 Å². The fourth-order valence-electron chi connectivity index (χ4n) is 2.56. The van der Waals surface area contributed by atoms with E-state index in [-0.39, 0.29) is 24.7 Å². The first-order chi connectivity index (χ1) is 14.3. The van der Waals surface area contributed by atoms with Crippen LogP contribution in [0.15, 0.2) is 47.4 Å². The summed E-state index contributed by atoms with van der Waals surface area (Å²) in [7, 11) is 0. The molecule has 0 spiro atoms. The number of thioether (sulfide) groups is 1. The molecule has 1 heterocycles. The zero-order valence-corrected chi connectivity index (χ0v) is 17.8. The summed E-state index contributed by atoms with van der Waals surface area (Å²) in [6, 6.07) is 11.6. The number of nitrogens with zero attached hydrogens (tertiary/aromatic N) is 1. The normalized spacial score (nSPS) is 15.0. The van der Waals surface area contributed by atoms with Gasteiger partial charge in [0, 0.05) is 10.6 Å². The van der Waals surface area contributed by atoms with Crippen molar-refractivity contribution < 1.29 is 23.9 Å². The van der Waals surface area contributed by atoms with Gasteiger partial charge in [0.1, 0.15) is 18.1 Å². The molecular formula is C20H16Cl2N2O5S. The molecule has 7 nitrogen and oxygen atoms in total. The highest BCUT2D eigenvalue weighted by molar-refractivity contribution is 8.18. The van der Waals surface area contributed by atoms with Gasteiger partial charge in [-0.2, -0.15) is 0 Å². The van der Waals surface area contributed by atoms with E-state index in [1.807, 2.05) is 0 Å². The number of amides is 3. The molecule has 0 radical (unpaired) electrons. The Labute approximate surface area is 186 Å². The highest BCUT2D eigenvalue weighted by Crippen LogP contribution is 2.35. The predicted molar refractivity (Wildman–Crippen MR) is 116 cm³/mol. The number of halogens is 2. The Hall–Kier alpha value is -2.68. The van der Waals surface area contributed by atoms with Crippen molar-refractivity contribution in [2.75, 3.05) is 19.8 Å². The number of nitrogens with two attached hydrogens (primary N) is 1. The lowest BCUT2D eigenvalue weighted by molar-refractivity contribution is -0.123. The number of primary amides is 1. The second-order valence-corrected chi connectivity index (χ2v) is 7.89. The molecular weight excluding hydrogens is 451 g/mol. The molecule has 30 heavy (non-hydrogen) atoms. The van der Waals surface area contributed by atoms with Crippen LogP contribution in [0.3, 0.4) is 0 Å². The Kier molecular flexibility index (Phi) is 7.25. The van der Waals surface area contributed by atoms with Crippen molar-refractivity contribution in [3.8, 4) is 11.5 Å². The highest BCUT2D eigenvalue weighted by Gasteiger charge is 2.35. The molecule has 0 saturated carbocycles. The standard InChI is InChI=1S/C20H16Cl2N2O5S/c21-13-5-6-15(29-11-18(23)25)12(9-13)10-17-19(26)24(20(27)30-17)7-8-28-16-4-2-1-3-14(16)22/h1-6,9-10H,7-8,11H2,(H2,23,25)/b17-10-. The van der Waals surface area contributed by atoms with E-state index in [1.165, 1.54) is 6.08 Å². The Bertz CT molecular complexity index is 1030. The number of hydrogen-bond acceptors (Lipinski definition) is 6. The molecule has 0 aromatic heterocycles. The number of carbonyl (C=O) groups is 3. The van der Waals surface area contributed by atoms with E-state index in [1.54, 1.807) is 42.5 Å². The minimum atomic E-state index is -0.644. The third-order valence-corrected chi connectivity index (χ3v) is 5.37. The van der Waals surface area contributed by atoms with Gasteiger partial charge in [0.25, 0.3) is 17.1 Å². The highest BCUT2D eigenvalue weighted by atomic mass is 35.5. The lowest BCUT2D eigenvalue weighted by Crippen LogP contribution is -2.32. The molecule has 3 rings (SSSR count). The topological polar surface area (TPSA) is 98.9 Å². The van der Waals surface area contributed by atoms with Gasteiger partial charge in [0.2, 0.25) is 0 Å². The number of rotatable bonds is 8. The molecule has 0 atom stereocenters. The fourth-order valence-corrected chi connectivity index (χ4v) is 3.78. The van der Waals surface area contributed by atoms with Gasteiger partial charge < -0.3 is 15.2 Å². The summed E-state index contributed by atoms with van der Waals surface area (Å²) in [6.45, 7) is -0.170. The summed E-state index contributed by atoms with van der Waals surface area (Å²) < 4.78 is 10.9. The van der Waals surface area contributed by atoms with Crippen LogP contribution in [0, 0.1) is 0 Å². The molecule has 0 unspecified atom stereocenters. The predicted octanol–water partition coefficient (Wildman–Crippen LogP) is 3.97. The zero-order chi connectivity index (χ0) is 21.7. The van der Waals surface area contributed by atoms with E-state index < -0.39 is 17.1 Å². The van der Waals surface area contributed by atoms with Crippen LogP contribution in [0.25, 0.3) is 6.08 Å². The second-order valence-electron chi connectivity index (χ2n) is 6.05. The Morgan fingerprint density at radius 3 is 2.60 bits per heavy atom. The molecule has 2 aromatic rings. The Balaban J connectivity index is 1.71. The second kappa shape index (κ2) is 9.88. The first-order valence-electron chi connectivity index (χ1n) is 8.68. The third kappa shape index (κ3) is 5.47. The van der Waals surface area contributed by atoms with Gasteiger partial charge in [-0.3, -0.25) is 19.3 Å². The van der Waals surface area contributed by atoms with Crippen LogP contribution in [-0.2, 0) is 9.59 Å². The van der Waals surface area contributed by atoms with Gasteiger partial charge in [-0.05, 0) is 48.2 Å². The molecule has 2 N–H and O–H groups in total. The number of para-hydroxylation sites is 1. The van der Waals surface area contributed by atoms with Gasteiger partial charge in [-0.25, -0.2) is 0 Å². The summed E-state index contributed by atoms with van der Waals surface area (Å²) in [6.07, 6.45) is 1.49. The van der Waals surface area contributed by atoms with E-state index in [0.29, 0.717) is 27.1 Å². The summed E-state index contributed by atoms with van der Waals surface area (Å²) in [5.74, 6) is -0.327. The number of carbonyl (C=O) groups excluding carboxylic acids is 3. The van der Waals surface area contributed by atoms with Crippen LogP contribution >= 0.6 is 35.0 Å². The number of benzene rings is 2. The number of ether oxygens (including phenoxy) is 2. The van der Waals surface area contributed by atoms with E-state index in [0.717, 1.165) is 16.7 Å². The monoisotopic (exact) mass is 466 g/mol.